The van der Waals surface area contributed by atoms with Gasteiger partial charge < -0.3 is 14.3 Å². The average Bonchev–Trinajstić information content (AvgIpc) is 3.28. The van der Waals surface area contributed by atoms with Gasteiger partial charge in [-0.2, -0.15) is 0 Å². The van der Waals surface area contributed by atoms with Crippen molar-refractivity contribution in [3.63, 3.8) is 0 Å². The molecule has 3 aromatic rings. The number of hydrogen-bond donors (Lipinski definition) is 1. The summed E-state index contributed by atoms with van der Waals surface area (Å²) in [5.41, 5.74) is 0.334. The lowest BCUT2D eigenvalue weighted by Gasteiger charge is -2.03. The molecule has 1 aromatic carbocycles. The third-order valence-electron chi connectivity index (χ3n) is 3.90. The highest BCUT2D eigenvalue weighted by molar-refractivity contribution is 7.73. The summed E-state index contributed by atoms with van der Waals surface area (Å²) in [6, 6.07) is 8.75. The van der Waals surface area contributed by atoms with E-state index < -0.39 is 5.91 Å². The molecule has 1 N–H and O–H groups in total. The maximum absolute atomic E-state index is 12.4. The second kappa shape index (κ2) is 5.98. The zero-order valence-corrected chi connectivity index (χ0v) is 14.7. The van der Waals surface area contributed by atoms with Gasteiger partial charge in [-0.25, -0.2) is 4.99 Å². The molecule has 0 saturated carbocycles. The second-order valence-corrected chi connectivity index (χ2v) is 7.01. The number of fused-ring (bicyclic) bond motifs is 1. The predicted molar refractivity (Wildman–Crippen MR) is 93.9 cm³/mol. The highest BCUT2D eigenvalue weighted by Crippen LogP contribution is 2.33. The molecule has 8 heteroatoms. The predicted octanol–water partition coefficient (Wildman–Crippen LogP) is 1.99. The molecule has 0 saturated heterocycles. The molecular formula is C17H12N2O4S2. The van der Waals surface area contributed by atoms with E-state index in [1.54, 1.807) is 43.7 Å². The minimum Gasteiger partial charge on any atom is -0.497 e. The van der Waals surface area contributed by atoms with E-state index in [0.717, 1.165) is 0 Å². The van der Waals surface area contributed by atoms with Crippen molar-refractivity contribution in [3.05, 3.63) is 61.8 Å². The Morgan fingerprint density at radius 2 is 2.24 bits per heavy atom. The average molecular weight is 372 g/mol. The van der Waals surface area contributed by atoms with Crippen molar-refractivity contribution in [2.45, 2.75) is 6.54 Å². The molecule has 0 aliphatic carbocycles. The lowest BCUT2D eigenvalue weighted by Crippen LogP contribution is -2.23. The van der Waals surface area contributed by atoms with Crippen LogP contribution in [0.2, 0.25) is 0 Å². The number of aromatic hydroxyl groups is 1. The molecule has 1 aliphatic heterocycles. The van der Waals surface area contributed by atoms with Gasteiger partial charge in [0, 0.05) is 5.22 Å². The fourth-order valence-electron chi connectivity index (χ4n) is 2.70. The Balaban J connectivity index is 1.91. The van der Waals surface area contributed by atoms with E-state index in [-0.39, 0.29) is 12.4 Å². The van der Waals surface area contributed by atoms with Crippen LogP contribution in [-0.2, 0) is 11.3 Å². The molecule has 0 atom stereocenters. The van der Waals surface area contributed by atoms with Gasteiger partial charge in [-0.15, -0.1) is 11.3 Å². The summed E-state index contributed by atoms with van der Waals surface area (Å²) in [4.78, 5) is 16.9. The SMILES string of the molecule is COc1ccc2c(c1)=C(c1sc(=S)n(Cc3ccco3)c1O)C(=O)N=2. The number of methoxy groups -OCH3 is 1. The van der Waals surface area contributed by atoms with E-state index in [1.807, 2.05) is 0 Å². The van der Waals surface area contributed by atoms with Crippen LogP contribution in [-0.4, -0.2) is 22.7 Å². The molecule has 25 heavy (non-hydrogen) atoms. The van der Waals surface area contributed by atoms with E-state index in [9.17, 15) is 9.90 Å². The monoisotopic (exact) mass is 372 g/mol. The molecule has 126 valence electrons. The number of amides is 1. The van der Waals surface area contributed by atoms with Gasteiger partial charge in [0.1, 0.15) is 16.4 Å². The number of rotatable bonds is 4. The van der Waals surface area contributed by atoms with Crippen LogP contribution in [0.25, 0.3) is 5.57 Å². The number of thiazole rings is 1. The van der Waals surface area contributed by atoms with Crippen molar-refractivity contribution in [2.24, 2.45) is 4.99 Å². The fraction of sp³-hybridized carbons (Fsp3) is 0.118. The smallest absolute Gasteiger partial charge is 0.279 e. The van der Waals surface area contributed by atoms with E-state index in [4.69, 9.17) is 21.4 Å². The first-order valence-electron chi connectivity index (χ1n) is 7.35. The second-order valence-electron chi connectivity index (χ2n) is 5.36. The van der Waals surface area contributed by atoms with E-state index >= 15 is 0 Å². The van der Waals surface area contributed by atoms with Gasteiger partial charge in [0.05, 0.1) is 30.8 Å². The van der Waals surface area contributed by atoms with Crippen molar-refractivity contribution in [2.75, 3.05) is 7.11 Å². The van der Waals surface area contributed by atoms with Crippen molar-refractivity contribution in [3.8, 4) is 11.6 Å². The third-order valence-corrected chi connectivity index (χ3v) is 5.35. The first-order valence-corrected chi connectivity index (χ1v) is 8.57. The Labute approximate surface area is 150 Å². The van der Waals surface area contributed by atoms with Crippen molar-refractivity contribution in [1.82, 2.24) is 4.57 Å². The minimum atomic E-state index is -0.403. The van der Waals surface area contributed by atoms with Crippen LogP contribution in [0.5, 0.6) is 11.6 Å². The summed E-state index contributed by atoms with van der Waals surface area (Å²) in [5.74, 6) is 0.796. The van der Waals surface area contributed by atoms with Crippen LogP contribution < -0.4 is 15.3 Å². The fourth-order valence-corrected chi connectivity index (χ4v) is 4.04. The van der Waals surface area contributed by atoms with Gasteiger partial charge in [-0.3, -0.25) is 9.36 Å². The van der Waals surface area contributed by atoms with E-state index in [2.05, 4.69) is 4.99 Å². The number of aromatic nitrogens is 1. The first-order chi connectivity index (χ1) is 12.1. The molecule has 0 radical (unpaired) electrons. The van der Waals surface area contributed by atoms with Crippen LogP contribution in [0, 0.1) is 3.95 Å². The van der Waals surface area contributed by atoms with Gasteiger partial charge in [-0.05, 0) is 42.5 Å². The third kappa shape index (κ3) is 2.59. The highest BCUT2D eigenvalue weighted by Gasteiger charge is 2.25. The number of benzene rings is 1. The molecule has 0 unspecified atom stereocenters. The Morgan fingerprint density at radius 1 is 1.40 bits per heavy atom. The molecule has 3 heterocycles. The number of carbonyl (C=O) groups is 1. The molecule has 6 nitrogen and oxygen atoms in total. The quantitative estimate of drug-likeness (QED) is 0.709. The van der Waals surface area contributed by atoms with Crippen LogP contribution in [0.3, 0.4) is 0 Å². The van der Waals surface area contributed by atoms with Gasteiger partial charge >= 0.3 is 0 Å². The number of furan rings is 1. The molecule has 0 fully saturated rings. The molecular weight excluding hydrogens is 360 g/mol. The number of ether oxygens (including phenoxy) is 1. The minimum absolute atomic E-state index is 0.0689. The maximum Gasteiger partial charge on any atom is 0.279 e. The maximum atomic E-state index is 12.4. The lowest BCUT2D eigenvalue weighted by atomic mass is 10.1. The van der Waals surface area contributed by atoms with Crippen LogP contribution in [0.15, 0.2) is 46.0 Å². The summed E-state index contributed by atoms with van der Waals surface area (Å²) in [6.07, 6.45) is 1.56. The zero-order valence-electron chi connectivity index (χ0n) is 13.1. The normalized spacial score (nSPS) is 13.0. The van der Waals surface area contributed by atoms with Gasteiger partial charge in [0.2, 0.25) is 5.88 Å². The first kappa shape index (κ1) is 15.8. The molecule has 2 aromatic heterocycles. The Kier molecular flexibility index (Phi) is 3.78. The van der Waals surface area contributed by atoms with Crippen LogP contribution in [0.1, 0.15) is 10.6 Å². The van der Waals surface area contributed by atoms with Gasteiger partial charge in [0.25, 0.3) is 5.91 Å². The van der Waals surface area contributed by atoms with Crippen LogP contribution >= 0.6 is 23.6 Å². The number of nitrogens with zero attached hydrogens (tertiary/aromatic N) is 2. The topological polar surface area (TPSA) is 77.0 Å². The van der Waals surface area contributed by atoms with Gasteiger partial charge in [-0.1, -0.05) is 0 Å². The molecule has 0 bridgehead atoms. The lowest BCUT2D eigenvalue weighted by molar-refractivity contribution is -0.112. The summed E-state index contributed by atoms with van der Waals surface area (Å²) in [5, 5.41) is 11.8. The number of carbonyl (C=O) groups excluding carboxylic acids is 1. The Bertz CT molecular complexity index is 1160. The summed E-state index contributed by atoms with van der Waals surface area (Å²) in [7, 11) is 1.55. The largest absolute Gasteiger partial charge is 0.497 e. The van der Waals surface area contributed by atoms with Crippen LogP contribution in [0.4, 0.5) is 0 Å². The Hall–Kier alpha value is -2.71. The van der Waals surface area contributed by atoms with Gasteiger partial charge in [0.15, 0.2) is 3.95 Å². The molecule has 1 amide bonds. The van der Waals surface area contributed by atoms with Crippen molar-refractivity contribution in [1.29, 1.82) is 0 Å². The van der Waals surface area contributed by atoms with Crippen molar-refractivity contribution >= 4 is 35.0 Å². The molecule has 1 aliphatic rings. The molecule has 4 rings (SSSR count). The highest BCUT2D eigenvalue weighted by atomic mass is 32.1. The standard InChI is InChI=1S/C17H12N2O4S2/c1-22-9-4-5-12-11(7-9)13(15(20)18-12)14-16(21)19(17(24)25-14)8-10-3-2-6-23-10/h2-7,21H,8H2,1H3. The zero-order chi connectivity index (χ0) is 17.6. The summed E-state index contributed by atoms with van der Waals surface area (Å²) in [6.45, 7) is 0.289. The molecule has 0 spiro atoms. The Morgan fingerprint density at radius 3 is 2.96 bits per heavy atom. The van der Waals surface area contributed by atoms with E-state index in [1.165, 1.54) is 15.9 Å². The van der Waals surface area contributed by atoms with E-state index in [0.29, 0.717) is 36.5 Å². The number of hydrogen-bond acceptors (Lipinski definition) is 6. The van der Waals surface area contributed by atoms with Crippen molar-refractivity contribution < 1.29 is 19.1 Å². The summed E-state index contributed by atoms with van der Waals surface area (Å²) < 4.78 is 12.5. The summed E-state index contributed by atoms with van der Waals surface area (Å²) >= 11 is 6.52.